The molecule has 0 bridgehead atoms. The Bertz CT molecular complexity index is 996. The maximum Gasteiger partial charge on any atom is 0.350 e. The number of hydrogen-bond donors (Lipinski definition) is 1. The number of esters is 1. The summed E-state index contributed by atoms with van der Waals surface area (Å²) >= 11 is 8.73. The average molecular weight is 411 g/mol. The lowest BCUT2D eigenvalue weighted by atomic mass is 10.2. The van der Waals surface area contributed by atoms with E-state index in [1.807, 2.05) is 12.1 Å². The third-order valence-corrected chi connectivity index (χ3v) is 6.25. The number of ether oxygens (including phenoxy) is 2. The summed E-state index contributed by atoms with van der Waals surface area (Å²) in [6.45, 7) is 3.70. The van der Waals surface area contributed by atoms with E-state index in [2.05, 4.69) is 10.3 Å². The minimum atomic E-state index is -0.449. The Balaban J connectivity index is 1.87. The summed E-state index contributed by atoms with van der Waals surface area (Å²) < 4.78 is 11.1. The number of amides is 1. The van der Waals surface area contributed by atoms with Crippen LogP contribution in [0.3, 0.4) is 0 Å². The van der Waals surface area contributed by atoms with Crippen LogP contribution in [0.1, 0.15) is 32.0 Å². The Hall–Kier alpha value is -2.16. The van der Waals surface area contributed by atoms with Gasteiger partial charge in [-0.25, -0.2) is 9.78 Å². The second kappa shape index (κ2) is 7.61. The molecule has 6 nitrogen and oxygen atoms in total. The minimum Gasteiger partial charge on any atom is -0.497 e. The Kier molecular flexibility index (Phi) is 5.45. The largest absolute Gasteiger partial charge is 0.497 e. The second-order valence-electron chi connectivity index (χ2n) is 5.22. The summed E-state index contributed by atoms with van der Waals surface area (Å²) in [5.74, 6) is -0.159. The molecule has 0 aliphatic carbocycles. The molecule has 1 amide bonds. The fraction of sp³-hybridized carbons (Fsp3) is 0.235. The number of thiophene rings is 1. The lowest BCUT2D eigenvalue weighted by molar-refractivity contribution is 0.0531. The molecule has 3 aromatic rings. The summed E-state index contributed by atoms with van der Waals surface area (Å²) in [4.78, 5) is 29.4. The average Bonchev–Trinajstić information content (AvgIpc) is 3.15. The summed E-state index contributed by atoms with van der Waals surface area (Å²) in [5, 5.41) is 4.14. The first-order chi connectivity index (χ1) is 12.4. The van der Waals surface area contributed by atoms with Crippen molar-refractivity contribution < 1.29 is 19.1 Å². The van der Waals surface area contributed by atoms with E-state index in [9.17, 15) is 9.59 Å². The molecule has 0 unspecified atom stereocenters. The number of methoxy groups -OCH3 is 1. The van der Waals surface area contributed by atoms with Gasteiger partial charge >= 0.3 is 5.97 Å². The van der Waals surface area contributed by atoms with Crippen molar-refractivity contribution in [2.24, 2.45) is 0 Å². The molecule has 3 rings (SSSR count). The normalized spacial score (nSPS) is 10.8. The van der Waals surface area contributed by atoms with Gasteiger partial charge in [0.25, 0.3) is 5.91 Å². The van der Waals surface area contributed by atoms with Gasteiger partial charge in [-0.15, -0.1) is 11.3 Å². The van der Waals surface area contributed by atoms with E-state index in [1.165, 1.54) is 11.3 Å². The topological polar surface area (TPSA) is 77.5 Å². The Morgan fingerprint density at radius 1 is 1.27 bits per heavy atom. The van der Waals surface area contributed by atoms with E-state index in [0.29, 0.717) is 31.4 Å². The van der Waals surface area contributed by atoms with E-state index in [0.717, 1.165) is 21.4 Å². The van der Waals surface area contributed by atoms with Gasteiger partial charge in [-0.2, -0.15) is 0 Å². The quantitative estimate of drug-likeness (QED) is 0.613. The predicted octanol–water partition coefficient (Wildman–Crippen LogP) is 4.76. The highest BCUT2D eigenvalue weighted by Gasteiger charge is 2.21. The van der Waals surface area contributed by atoms with E-state index >= 15 is 0 Å². The van der Waals surface area contributed by atoms with Gasteiger partial charge in [-0.3, -0.25) is 10.1 Å². The Morgan fingerprint density at radius 3 is 2.73 bits per heavy atom. The van der Waals surface area contributed by atoms with Crippen LogP contribution in [-0.4, -0.2) is 30.6 Å². The van der Waals surface area contributed by atoms with Gasteiger partial charge in [0.05, 0.1) is 24.4 Å². The van der Waals surface area contributed by atoms with Gasteiger partial charge in [-0.05, 0) is 32.0 Å². The zero-order chi connectivity index (χ0) is 18.8. The molecule has 0 atom stereocenters. The Morgan fingerprint density at radius 2 is 2.04 bits per heavy atom. The number of aromatic nitrogens is 1. The lowest BCUT2D eigenvalue weighted by Gasteiger charge is -2.00. The summed E-state index contributed by atoms with van der Waals surface area (Å²) in [7, 11) is 1.57. The van der Waals surface area contributed by atoms with Crippen LogP contribution in [0.4, 0.5) is 5.13 Å². The fourth-order valence-corrected chi connectivity index (χ4v) is 4.55. The van der Waals surface area contributed by atoms with Crippen LogP contribution < -0.4 is 10.1 Å². The molecule has 136 valence electrons. The number of halogens is 1. The van der Waals surface area contributed by atoms with Crippen molar-refractivity contribution in [1.82, 2.24) is 4.98 Å². The highest BCUT2D eigenvalue weighted by atomic mass is 35.5. The van der Waals surface area contributed by atoms with Crippen molar-refractivity contribution in [3.8, 4) is 5.75 Å². The van der Waals surface area contributed by atoms with Gasteiger partial charge in [0.2, 0.25) is 0 Å². The van der Waals surface area contributed by atoms with Crippen LogP contribution in [0, 0.1) is 6.92 Å². The van der Waals surface area contributed by atoms with Gasteiger partial charge in [0.15, 0.2) is 5.13 Å². The molecule has 26 heavy (non-hydrogen) atoms. The van der Waals surface area contributed by atoms with Crippen molar-refractivity contribution >= 4 is 61.4 Å². The number of rotatable bonds is 5. The molecule has 0 saturated carbocycles. The van der Waals surface area contributed by atoms with Gasteiger partial charge in [0.1, 0.15) is 15.5 Å². The molecule has 1 aromatic carbocycles. The van der Waals surface area contributed by atoms with Gasteiger partial charge in [-0.1, -0.05) is 22.9 Å². The molecular formula is C17H15ClN2O4S2. The van der Waals surface area contributed by atoms with Crippen LogP contribution in [0.2, 0.25) is 5.02 Å². The number of nitrogens with zero attached hydrogens (tertiary/aromatic N) is 1. The van der Waals surface area contributed by atoms with Crippen molar-refractivity contribution in [1.29, 1.82) is 0 Å². The minimum absolute atomic E-state index is 0.277. The fourth-order valence-electron chi connectivity index (χ4n) is 2.31. The number of benzene rings is 1. The molecule has 0 radical (unpaired) electrons. The van der Waals surface area contributed by atoms with E-state index in [-0.39, 0.29) is 12.5 Å². The zero-order valence-corrected chi connectivity index (χ0v) is 16.6. The standard InChI is InChI=1S/C17H15ClN2O4S2/c1-4-24-16(22)13-8(2)19-17(26-13)20-15(21)14-12(18)10-7-9(23-3)5-6-11(10)25-14/h5-7H,4H2,1-3H3,(H,19,20,21). The Labute approximate surface area is 162 Å². The molecule has 0 saturated heterocycles. The first-order valence-corrected chi connectivity index (χ1v) is 9.67. The van der Waals surface area contributed by atoms with Crippen molar-refractivity contribution in [2.45, 2.75) is 13.8 Å². The number of anilines is 1. The molecule has 2 aromatic heterocycles. The van der Waals surface area contributed by atoms with Gasteiger partial charge in [0, 0.05) is 10.1 Å². The number of thiazole rings is 1. The smallest absolute Gasteiger partial charge is 0.350 e. The first-order valence-electron chi connectivity index (χ1n) is 7.66. The summed E-state index contributed by atoms with van der Waals surface area (Å²) in [6, 6.07) is 5.46. The number of carbonyl (C=O) groups excluding carboxylic acids is 2. The van der Waals surface area contributed by atoms with Crippen molar-refractivity contribution in [3.05, 3.63) is 38.7 Å². The highest BCUT2D eigenvalue weighted by molar-refractivity contribution is 7.22. The molecule has 0 spiro atoms. The monoisotopic (exact) mass is 410 g/mol. The number of nitrogens with one attached hydrogen (secondary N) is 1. The maximum absolute atomic E-state index is 12.6. The number of aryl methyl sites for hydroxylation is 1. The van der Waals surface area contributed by atoms with Crippen LogP contribution >= 0.6 is 34.3 Å². The molecule has 1 N–H and O–H groups in total. The van der Waals surface area contributed by atoms with Crippen molar-refractivity contribution in [3.63, 3.8) is 0 Å². The maximum atomic E-state index is 12.6. The highest BCUT2D eigenvalue weighted by Crippen LogP contribution is 2.38. The predicted molar refractivity (Wildman–Crippen MR) is 104 cm³/mol. The molecular weight excluding hydrogens is 396 g/mol. The number of carbonyl (C=O) groups is 2. The third kappa shape index (κ3) is 3.53. The van der Waals surface area contributed by atoms with Crippen molar-refractivity contribution in [2.75, 3.05) is 19.0 Å². The lowest BCUT2D eigenvalue weighted by Crippen LogP contribution is -2.10. The summed E-state index contributed by atoms with van der Waals surface area (Å²) in [5.41, 5.74) is 0.510. The molecule has 0 fully saturated rings. The number of hydrogen-bond acceptors (Lipinski definition) is 7. The summed E-state index contributed by atoms with van der Waals surface area (Å²) in [6.07, 6.45) is 0. The third-order valence-electron chi connectivity index (χ3n) is 3.52. The molecule has 9 heteroatoms. The molecule has 0 aliphatic rings. The van der Waals surface area contributed by atoms with Crippen LogP contribution in [0.5, 0.6) is 5.75 Å². The van der Waals surface area contributed by atoms with Gasteiger partial charge < -0.3 is 9.47 Å². The molecule has 0 aliphatic heterocycles. The number of fused-ring (bicyclic) bond motifs is 1. The first kappa shape index (κ1) is 18.6. The van der Waals surface area contributed by atoms with E-state index in [4.69, 9.17) is 21.1 Å². The second-order valence-corrected chi connectivity index (χ2v) is 7.64. The van der Waals surface area contributed by atoms with Crippen LogP contribution in [0.25, 0.3) is 10.1 Å². The van der Waals surface area contributed by atoms with E-state index in [1.54, 1.807) is 27.0 Å². The van der Waals surface area contributed by atoms with E-state index < -0.39 is 5.97 Å². The SMILES string of the molecule is CCOC(=O)c1sc(NC(=O)c2sc3ccc(OC)cc3c2Cl)nc1C. The zero-order valence-electron chi connectivity index (χ0n) is 14.2. The van der Waals surface area contributed by atoms with Crippen LogP contribution in [0.15, 0.2) is 18.2 Å². The van der Waals surface area contributed by atoms with Crippen LogP contribution in [-0.2, 0) is 4.74 Å². The molecule has 2 heterocycles.